The number of carbonyl (C=O) groups excluding carboxylic acids is 2. The highest BCUT2D eigenvalue weighted by Crippen LogP contribution is 2.10. The summed E-state index contributed by atoms with van der Waals surface area (Å²) in [5.74, 6) is -1.57. The fraction of sp³-hybridized carbons (Fsp3) is 0.250. The van der Waals surface area contributed by atoms with Gasteiger partial charge in [-0.15, -0.1) is 11.3 Å². The molecular weight excluding hydrogens is 305 g/mol. The van der Waals surface area contributed by atoms with E-state index in [2.05, 4.69) is 5.32 Å². The first-order valence-electron chi connectivity index (χ1n) is 6.78. The molecule has 6 heteroatoms. The molecule has 0 aliphatic carbocycles. The van der Waals surface area contributed by atoms with Gasteiger partial charge in [-0.25, -0.2) is 9.18 Å². The number of nitrogens with one attached hydrogen (secondary N) is 1. The van der Waals surface area contributed by atoms with Crippen molar-refractivity contribution in [2.24, 2.45) is 0 Å². The fourth-order valence-electron chi connectivity index (χ4n) is 1.77. The van der Waals surface area contributed by atoms with Crippen molar-refractivity contribution >= 4 is 23.2 Å². The zero-order chi connectivity index (χ0) is 15.9. The summed E-state index contributed by atoms with van der Waals surface area (Å²) >= 11 is 1.62. The second-order valence-corrected chi connectivity index (χ2v) is 5.75. The maximum absolute atomic E-state index is 13.4. The Labute approximate surface area is 131 Å². The number of aryl methyl sites for hydroxylation is 1. The van der Waals surface area contributed by atoms with E-state index in [1.165, 1.54) is 17.0 Å². The van der Waals surface area contributed by atoms with E-state index in [1.807, 2.05) is 17.5 Å². The number of ether oxygens (including phenoxy) is 1. The van der Waals surface area contributed by atoms with Crippen molar-refractivity contribution in [1.29, 1.82) is 0 Å². The van der Waals surface area contributed by atoms with Crippen LogP contribution in [0.5, 0.6) is 0 Å². The molecule has 0 aliphatic heterocycles. The molecule has 22 heavy (non-hydrogen) atoms. The molecule has 0 atom stereocenters. The average Bonchev–Trinajstić information content (AvgIpc) is 3.01. The maximum atomic E-state index is 13.4. The Morgan fingerprint density at radius 2 is 2.14 bits per heavy atom. The van der Waals surface area contributed by atoms with E-state index < -0.39 is 11.8 Å². The number of amides is 1. The van der Waals surface area contributed by atoms with Gasteiger partial charge in [-0.05, 0) is 42.5 Å². The zero-order valence-corrected chi connectivity index (χ0v) is 12.9. The Morgan fingerprint density at radius 3 is 2.82 bits per heavy atom. The van der Waals surface area contributed by atoms with E-state index in [-0.39, 0.29) is 18.1 Å². The smallest absolute Gasteiger partial charge is 0.338 e. The third-order valence-electron chi connectivity index (χ3n) is 3.02. The topological polar surface area (TPSA) is 55.4 Å². The summed E-state index contributed by atoms with van der Waals surface area (Å²) in [6.07, 6.45) is 0.737. The molecule has 2 rings (SSSR count). The monoisotopic (exact) mass is 321 g/mol. The number of benzene rings is 1. The van der Waals surface area contributed by atoms with Crippen molar-refractivity contribution in [2.45, 2.75) is 13.3 Å². The summed E-state index contributed by atoms with van der Waals surface area (Å²) in [6.45, 7) is 1.71. The van der Waals surface area contributed by atoms with Crippen LogP contribution < -0.4 is 5.32 Å². The van der Waals surface area contributed by atoms with Crippen molar-refractivity contribution < 1.29 is 18.7 Å². The normalized spacial score (nSPS) is 10.3. The molecular formula is C16H16FNO3S. The summed E-state index contributed by atoms with van der Waals surface area (Å²) in [4.78, 5) is 24.4. The summed E-state index contributed by atoms with van der Waals surface area (Å²) < 4.78 is 18.2. The van der Waals surface area contributed by atoms with Gasteiger partial charge < -0.3 is 10.1 Å². The van der Waals surface area contributed by atoms with Gasteiger partial charge in [0, 0.05) is 11.4 Å². The second-order valence-electron chi connectivity index (χ2n) is 4.72. The SMILES string of the molecule is Cc1ccc(C(=O)OCC(=O)NCCc2cccs2)cc1F. The van der Waals surface area contributed by atoms with Crippen LogP contribution in [0.15, 0.2) is 35.7 Å². The highest BCUT2D eigenvalue weighted by molar-refractivity contribution is 7.09. The van der Waals surface area contributed by atoms with Gasteiger partial charge in [0.25, 0.3) is 5.91 Å². The highest BCUT2D eigenvalue weighted by Gasteiger charge is 2.11. The summed E-state index contributed by atoms with van der Waals surface area (Å²) in [5.41, 5.74) is 0.539. The van der Waals surface area contributed by atoms with Crippen molar-refractivity contribution in [3.05, 3.63) is 57.5 Å². The first-order valence-corrected chi connectivity index (χ1v) is 7.66. The quantitative estimate of drug-likeness (QED) is 0.832. The van der Waals surface area contributed by atoms with Gasteiger partial charge in [0.1, 0.15) is 5.82 Å². The number of thiophene rings is 1. The molecule has 2 aromatic rings. The molecule has 1 amide bonds. The van der Waals surface area contributed by atoms with Crippen molar-refractivity contribution in [2.75, 3.05) is 13.2 Å². The standard InChI is InChI=1S/C16H16FNO3S/c1-11-4-5-12(9-14(11)17)16(20)21-10-15(19)18-7-6-13-3-2-8-22-13/h2-5,8-9H,6-7,10H2,1H3,(H,18,19). The van der Waals surface area contributed by atoms with Crippen LogP contribution in [0, 0.1) is 12.7 Å². The molecule has 1 aromatic carbocycles. The molecule has 0 saturated heterocycles. The molecule has 0 radical (unpaired) electrons. The largest absolute Gasteiger partial charge is 0.452 e. The molecule has 0 unspecified atom stereocenters. The van der Waals surface area contributed by atoms with E-state index in [9.17, 15) is 14.0 Å². The van der Waals surface area contributed by atoms with Crippen LogP contribution in [0.25, 0.3) is 0 Å². The Hall–Kier alpha value is -2.21. The lowest BCUT2D eigenvalue weighted by Gasteiger charge is -2.06. The predicted molar refractivity (Wildman–Crippen MR) is 82.5 cm³/mol. The minimum Gasteiger partial charge on any atom is -0.452 e. The maximum Gasteiger partial charge on any atom is 0.338 e. The first-order chi connectivity index (χ1) is 10.6. The zero-order valence-electron chi connectivity index (χ0n) is 12.1. The highest BCUT2D eigenvalue weighted by atomic mass is 32.1. The number of esters is 1. The van der Waals surface area contributed by atoms with Crippen molar-refractivity contribution in [3.63, 3.8) is 0 Å². The number of hydrogen-bond acceptors (Lipinski definition) is 4. The van der Waals surface area contributed by atoms with Gasteiger partial charge in [-0.2, -0.15) is 0 Å². The number of halogens is 1. The molecule has 0 fully saturated rings. The molecule has 1 aromatic heterocycles. The van der Waals surface area contributed by atoms with Crippen LogP contribution in [0.4, 0.5) is 4.39 Å². The van der Waals surface area contributed by atoms with Gasteiger partial charge in [-0.3, -0.25) is 4.79 Å². The third-order valence-corrected chi connectivity index (χ3v) is 3.95. The minimum atomic E-state index is -0.715. The molecule has 116 valence electrons. The van der Waals surface area contributed by atoms with Crippen LogP contribution in [0.1, 0.15) is 20.8 Å². The molecule has 4 nitrogen and oxygen atoms in total. The van der Waals surface area contributed by atoms with Crippen LogP contribution in [-0.2, 0) is 16.0 Å². The molecule has 0 spiro atoms. The van der Waals surface area contributed by atoms with Gasteiger partial charge in [0.05, 0.1) is 5.56 Å². The van der Waals surface area contributed by atoms with E-state index in [4.69, 9.17) is 4.74 Å². The minimum absolute atomic E-state index is 0.0921. The van der Waals surface area contributed by atoms with Gasteiger partial charge in [0.2, 0.25) is 0 Å². The van der Waals surface area contributed by atoms with Crippen LogP contribution in [0.2, 0.25) is 0 Å². The van der Waals surface area contributed by atoms with E-state index >= 15 is 0 Å². The lowest BCUT2D eigenvalue weighted by molar-refractivity contribution is -0.124. The lowest BCUT2D eigenvalue weighted by Crippen LogP contribution is -2.30. The Bertz CT molecular complexity index is 655. The Morgan fingerprint density at radius 1 is 1.32 bits per heavy atom. The summed E-state index contributed by atoms with van der Waals surface area (Å²) in [5, 5.41) is 4.64. The second kappa shape index (κ2) is 7.70. The molecule has 0 saturated carbocycles. The van der Waals surface area contributed by atoms with Gasteiger partial charge >= 0.3 is 5.97 Å². The van der Waals surface area contributed by atoms with E-state index in [1.54, 1.807) is 18.3 Å². The fourth-order valence-corrected chi connectivity index (χ4v) is 2.47. The van der Waals surface area contributed by atoms with Gasteiger partial charge in [-0.1, -0.05) is 12.1 Å². The van der Waals surface area contributed by atoms with Gasteiger partial charge in [0.15, 0.2) is 6.61 Å². The molecule has 1 N–H and O–H groups in total. The Balaban J connectivity index is 1.73. The average molecular weight is 321 g/mol. The van der Waals surface area contributed by atoms with E-state index in [0.29, 0.717) is 12.1 Å². The molecule has 0 bridgehead atoms. The number of rotatable bonds is 6. The van der Waals surface area contributed by atoms with E-state index in [0.717, 1.165) is 12.5 Å². The summed E-state index contributed by atoms with van der Waals surface area (Å²) in [7, 11) is 0. The van der Waals surface area contributed by atoms with Crippen molar-refractivity contribution in [3.8, 4) is 0 Å². The van der Waals surface area contributed by atoms with Crippen LogP contribution >= 0.6 is 11.3 Å². The third kappa shape index (κ3) is 4.66. The first kappa shape index (κ1) is 16.2. The summed E-state index contributed by atoms with van der Waals surface area (Å²) in [6, 6.07) is 8.00. The Kier molecular flexibility index (Phi) is 5.66. The number of hydrogen-bond donors (Lipinski definition) is 1. The lowest BCUT2D eigenvalue weighted by atomic mass is 10.1. The van der Waals surface area contributed by atoms with Crippen LogP contribution in [0.3, 0.4) is 0 Å². The number of carbonyl (C=O) groups is 2. The van der Waals surface area contributed by atoms with Crippen molar-refractivity contribution in [1.82, 2.24) is 5.32 Å². The molecule has 0 aliphatic rings. The molecule has 1 heterocycles. The predicted octanol–water partition coefficient (Wildman–Crippen LogP) is 2.71. The van der Waals surface area contributed by atoms with Crippen LogP contribution in [-0.4, -0.2) is 25.0 Å².